The Morgan fingerprint density at radius 1 is 1.25 bits per heavy atom. The molecular weight excluding hydrogens is 487 g/mol. The molecule has 1 saturated heterocycles. The molecule has 0 spiro atoms. The van der Waals surface area contributed by atoms with Gasteiger partial charge in [-0.1, -0.05) is 29.5 Å². The third kappa shape index (κ3) is 3.74. The number of benzene rings is 2. The molecule has 2 aliphatic rings. The number of halogens is 1. The Labute approximate surface area is 209 Å². The van der Waals surface area contributed by atoms with Crippen molar-refractivity contribution >= 4 is 39.9 Å². The summed E-state index contributed by atoms with van der Waals surface area (Å²) < 4.78 is 25.5. The van der Waals surface area contributed by atoms with E-state index in [9.17, 15) is 19.5 Å². The molecule has 184 valence electrons. The molecule has 0 saturated carbocycles. The monoisotopic (exact) mass is 508 g/mol. The van der Waals surface area contributed by atoms with Gasteiger partial charge in [-0.25, -0.2) is 14.2 Å². The summed E-state index contributed by atoms with van der Waals surface area (Å²) in [6.45, 7) is 3.48. The zero-order valence-corrected chi connectivity index (χ0v) is 20.4. The van der Waals surface area contributed by atoms with Gasteiger partial charge in [-0.2, -0.15) is 0 Å². The molecule has 0 bridgehead atoms. The fourth-order valence-electron chi connectivity index (χ4n) is 4.51. The number of carbonyl (C=O) groups is 3. The number of hydrogen-bond acceptors (Lipinski definition) is 8. The highest BCUT2D eigenvalue weighted by Gasteiger charge is 2.49. The first-order valence-electron chi connectivity index (χ1n) is 11.1. The Hall–Kier alpha value is -4.05. The molecule has 2 aliphatic heterocycles. The number of aromatic nitrogens is 1. The maximum absolute atomic E-state index is 15.1. The molecule has 0 unspecified atom stereocenters. The van der Waals surface area contributed by atoms with Crippen LogP contribution < -0.4 is 9.64 Å². The number of nitrogens with zero attached hydrogens (tertiary/aromatic N) is 2. The summed E-state index contributed by atoms with van der Waals surface area (Å²) in [6.07, 6.45) is 0.592. The second kappa shape index (κ2) is 8.87. The quantitative estimate of drug-likeness (QED) is 0.242. The molecule has 3 aromatic rings. The minimum atomic E-state index is -1.30. The molecule has 0 aliphatic carbocycles. The van der Waals surface area contributed by atoms with E-state index in [-0.39, 0.29) is 27.2 Å². The number of thiazole rings is 1. The van der Waals surface area contributed by atoms with Gasteiger partial charge in [0.1, 0.15) is 34.3 Å². The van der Waals surface area contributed by atoms with Crippen molar-refractivity contribution in [1.29, 1.82) is 0 Å². The summed E-state index contributed by atoms with van der Waals surface area (Å²) in [5.74, 6) is -3.05. The number of aryl methyl sites for hydroxylation is 1. The van der Waals surface area contributed by atoms with Gasteiger partial charge in [-0.05, 0) is 43.7 Å². The number of Topliss-reactive ketones (excluding diaryl/α,β-unsaturated/α-hetero) is 1. The largest absolute Gasteiger partial charge is 0.507 e. The Kier molecular flexibility index (Phi) is 5.83. The van der Waals surface area contributed by atoms with Gasteiger partial charge >= 0.3 is 11.9 Å². The Bertz CT molecular complexity index is 1460. The van der Waals surface area contributed by atoms with E-state index in [0.29, 0.717) is 23.4 Å². The number of methoxy groups -OCH3 is 1. The van der Waals surface area contributed by atoms with E-state index in [0.717, 1.165) is 21.8 Å². The summed E-state index contributed by atoms with van der Waals surface area (Å²) in [7, 11) is 1.22. The van der Waals surface area contributed by atoms with Crippen molar-refractivity contribution in [2.24, 2.45) is 0 Å². The van der Waals surface area contributed by atoms with Gasteiger partial charge < -0.3 is 14.6 Å². The molecule has 36 heavy (non-hydrogen) atoms. The average molecular weight is 509 g/mol. The highest BCUT2D eigenvalue weighted by atomic mass is 32.1. The van der Waals surface area contributed by atoms with Crippen LogP contribution in [0, 0.1) is 12.7 Å². The lowest BCUT2D eigenvalue weighted by Gasteiger charge is -2.23. The fraction of sp³-hybridized carbons (Fsp3) is 0.231. The number of anilines is 1. The number of amides is 1. The Morgan fingerprint density at radius 2 is 2.00 bits per heavy atom. The van der Waals surface area contributed by atoms with E-state index in [1.165, 1.54) is 25.3 Å². The van der Waals surface area contributed by atoms with Crippen LogP contribution in [0.3, 0.4) is 0 Å². The van der Waals surface area contributed by atoms with E-state index in [1.54, 1.807) is 31.2 Å². The highest BCUT2D eigenvalue weighted by Crippen LogP contribution is 2.45. The third-order valence-corrected chi connectivity index (χ3v) is 7.31. The molecule has 10 heteroatoms. The summed E-state index contributed by atoms with van der Waals surface area (Å²) in [4.78, 5) is 44.2. The Morgan fingerprint density at radius 3 is 2.72 bits per heavy atom. The lowest BCUT2D eigenvalue weighted by atomic mass is 9.94. The van der Waals surface area contributed by atoms with E-state index in [2.05, 4.69) is 4.98 Å². The second-order valence-corrected chi connectivity index (χ2v) is 9.53. The van der Waals surface area contributed by atoms with Crippen LogP contribution in [-0.4, -0.2) is 41.0 Å². The van der Waals surface area contributed by atoms with Crippen LogP contribution in [0.15, 0.2) is 48.0 Å². The van der Waals surface area contributed by atoms with Crippen molar-refractivity contribution in [1.82, 2.24) is 4.98 Å². The van der Waals surface area contributed by atoms with Crippen LogP contribution in [0.25, 0.3) is 5.76 Å². The van der Waals surface area contributed by atoms with Gasteiger partial charge in [0.05, 0.1) is 18.4 Å². The predicted octanol–water partition coefficient (Wildman–Crippen LogP) is 4.33. The number of aliphatic hydroxyl groups is 1. The van der Waals surface area contributed by atoms with E-state index in [4.69, 9.17) is 9.47 Å². The van der Waals surface area contributed by atoms with Crippen molar-refractivity contribution in [3.8, 4) is 5.75 Å². The summed E-state index contributed by atoms with van der Waals surface area (Å²) >= 11 is 0.850. The molecule has 1 N–H and O–H groups in total. The van der Waals surface area contributed by atoms with Gasteiger partial charge in [0, 0.05) is 17.5 Å². The highest BCUT2D eigenvalue weighted by molar-refractivity contribution is 7.17. The van der Waals surface area contributed by atoms with Gasteiger partial charge in [-0.3, -0.25) is 14.5 Å². The maximum atomic E-state index is 15.1. The van der Waals surface area contributed by atoms with Crippen molar-refractivity contribution < 1.29 is 33.4 Å². The van der Waals surface area contributed by atoms with Crippen molar-refractivity contribution in [2.75, 3.05) is 12.0 Å². The van der Waals surface area contributed by atoms with Crippen LogP contribution in [0.4, 0.5) is 9.52 Å². The molecule has 1 amide bonds. The minimum Gasteiger partial charge on any atom is -0.507 e. The lowest BCUT2D eigenvalue weighted by molar-refractivity contribution is -0.132. The molecule has 5 rings (SSSR count). The van der Waals surface area contributed by atoms with Crippen molar-refractivity contribution in [2.45, 2.75) is 32.4 Å². The van der Waals surface area contributed by atoms with Crippen LogP contribution in [0.2, 0.25) is 0 Å². The lowest BCUT2D eigenvalue weighted by Crippen LogP contribution is -2.29. The van der Waals surface area contributed by atoms with Gasteiger partial charge in [0.25, 0.3) is 5.78 Å². The van der Waals surface area contributed by atoms with Gasteiger partial charge in [0.15, 0.2) is 5.13 Å². The first-order chi connectivity index (χ1) is 17.2. The van der Waals surface area contributed by atoms with Gasteiger partial charge in [0.2, 0.25) is 0 Å². The van der Waals surface area contributed by atoms with Crippen LogP contribution in [-0.2, 0) is 20.7 Å². The molecule has 2 aromatic carbocycles. The number of fused-ring (bicyclic) bond motifs is 1. The standard InChI is InChI=1S/C26H21FN2O6S/c1-12-10-15-11-14(8-9-18(15)35-12)21(30)19-20(16-6-4-5-7-17(16)27)29(24(32)22(19)31)26-28-13(2)23(36-26)25(33)34-3/h4-9,11-12,20,30H,10H2,1-3H3/b21-19+/t12-,20-/m1/s1. The van der Waals surface area contributed by atoms with E-state index >= 15 is 4.39 Å². The van der Waals surface area contributed by atoms with Gasteiger partial charge in [-0.15, -0.1) is 0 Å². The number of ketones is 1. The van der Waals surface area contributed by atoms with E-state index < -0.39 is 35.3 Å². The zero-order chi connectivity index (χ0) is 25.7. The topological polar surface area (TPSA) is 106 Å². The maximum Gasteiger partial charge on any atom is 0.350 e. The SMILES string of the molecule is COC(=O)c1sc(N2C(=O)C(=O)/C(=C(/O)c3ccc4c(c3)C[C@@H](C)O4)[C@H]2c2ccccc2F)nc1C. The van der Waals surface area contributed by atoms with Crippen molar-refractivity contribution in [3.05, 3.63) is 81.1 Å². The first-order valence-corrected chi connectivity index (χ1v) is 11.9. The molecule has 1 aromatic heterocycles. The Balaban J connectivity index is 1.70. The molecule has 2 atom stereocenters. The number of aliphatic hydroxyl groups excluding tert-OH is 1. The predicted molar refractivity (Wildman–Crippen MR) is 130 cm³/mol. The van der Waals surface area contributed by atoms with Crippen LogP contribution in [0.5, 0.6) is 5.75 Å². The summed E-state index contributed by atoms with van der Waals surface area (Å²) in [6, 6.07) is 9.36. The fourth-order valence-corrected chi connectivity index (χ4v) is 5.52. The number of hydrogen-bond donors (Lipinski definition) is 1. The minimum absolute atomic E-state index is 0.00355. The third-order valence-electron chi connectivity index (χ3n) is 6.18. The average Bonchev–Trinajstić information content (AvgIpc) is 3.50. The number of carbonyl (C=O) groups excluding carboxylic acids is 3. The van der Waals surface area contributed by atoms with Crippen molar-refractivity contribution in [3.63, 3.8) is 0 Å². The first kappa shape index (κ1) is 23.7. The molecular formula is C26H21FN2O6S. The molecule has 0 radical (unpaired) electrons. The molecule has 8 nitrogen and oxygen atoms in total. The summed E-state index contributed by atoms with van der Waals surface area (Å²) in [5.41, 5.74) is 1.18. The molecule has 1 fully saturated rings. The van der Waals surface area contributed by atoms with E-state index in [1.807, 2.05) is 6.92 Å². The number of esters is 1. The van der Waals surface area contributed by atoms with Crippen LogP contribution in [0.1, 0.15) is 45.0 Å². The smallest absolute Gasteiger partial charge is 0.350 e. The number of rotatable bonds is 4. The molecule has 3 heterocycles. The van der Waals surface area contributed by atoms with Crippen LogP contribution >= 0.6 is 11.3 Å². The second-order valence-electron chi connectivity index (χ2n) is 8.55. The normalized spacial score (nSPS) is 20.4. The zero-order valence-electron chi connectivity index (χ0n) is 19.6. The summed E-state index contributed by atoms with van der Waals surface area (Å²) in [5, 5.41) is 11.3. The number of ether oxygens (including phenoxy) is 2.